The first-order chi connectivity index (χ1) is 10.2. The number of carbonyl (C=O) groups is 1. The van der Waals surface area contributed by atoms with Crippen LogP contribution in [-0.2, 0) is 6.42 Å². The highest BCUT2D eigenvalue weighted by Crippen LogP contribution is 2.07. The quantitative estimate of drug-likeness (QED) is 0.804. The molecular weight excluding hydrogens is 268 g/mol. The first kappa shape index (κ1) is 14.8. The largest absolute Gasteiger partial charge is 0.352 e. The van der Waals surface area contributed by atoms with Gasteiger partial charge in [0.25, 0.3) is 5.91 Å². The average molecular weight is 284 g/mol. The molecule has 1 amide bonds. The lowest BCUT2D eigenvalue weighted by Crippen LogP contribution is -2.26. The Labute approximate surface area is 122 Å². The van der Waals surface area contributed by atoms with Crippen molar-refractivity contribution in [3.05, 3.63) is 47.1 Å². The Kier molecular flexibility index (Phi) is 5.07. The van der Waals surface area contributed by atoms with Crippen molar-refractivity contribution >= 4 is 5.91 Å². The third-order valence-electron chi connectivity index (χ3n) is 2.70. The van der Waals surface area contributed by atoms with Crippen LogP contribution in [0, 0.1) is 18.8 Å². The molecule has 2 aromatic rings. The molecule has 0 aliphatic rings. The van der Waals surface area contributed by atoms with E-state index in [-0.39, 0.29) is 12.5 Å². The average Bonchev–Trinajstić information content (AvgIpc) is 2.91. The fourth-order valence-corrected chi connectivity index (χ4v) is 1.76. The zero-order valence-corrected chi connectivity index (χ0v) is 11.7. The van der Waals surface area contributed by atoms with Crippen LogP contribution in [0.3, 0.4) is 0 Å². The number of aryl methyl sites for hydroxylation is 1. The SMILES string of the molecule is Cc1nc(CCNC(=O)c2ccccc2C#CCN)no1. The Morgan fingerprint density at radius 2 is 2.24 bits per heavy atom. The summed E-state index contributed by atoms with van der Waals surface area (Å²) in [5.41, 5.74) is 6.55. The number of carbonyl (C=O) groups excluding carboxylic acids is 1. The van der Waals surface area contributed by atoms with Crippen molar-refractivity contribution in [2.45, 2.75) is 13.3 Å². The smallest absolute Gasteiger partial charge is 0.252 e. The number of rotatable bonds is 4. The van der Waals surface area contributed by atoms with Crippen LogP contribution in [0.1, 0.15) is 27.6 Å². The number of hydrogen-bond acceptors (Lipinski definition) is 5. The molecule has 1 aromatic carbocycles. The van der Waals surface area contributed by atoms with Crippen LogP contribution in [0.2, 0.25) is 0 Å². The van der Waals surface area contributed by atoms with Crippen molar-refractivity contribution in [2.75, 3.05) is 13.1 Å². The molecule has 0 atom stereocenters. The summed E-state index contributed by atoms with van der Waals surface area (Å²) in [6.07, 6.45) is 0.514. The van der Waals surface area contributed by atoms with Gasteiger partial charge in [-0.3, -0.25) is 4.79 Å². The van der Waals surface area contributed by atoms with E-state index in [4.69, 9.17) is 10.3 Å². The van der Waals surface area contributed by atoms with E-state index in [0.29, 0.717) is 35.8 Å². The van der Waals surface area contributed by atoms with Gasteiger partial charge in [-0.25, -0.2) is 0 Å². The van der Waals surface area contributed by atoms with Gasteiger partial charge in [-0.1, -0.05) is 29.1 Å². The number of nitrogens with zero attached hydrogens (tertiary/aromatic N) is 2. The second-order valence-electron chi connectivity index (χ2n) is 4.29. The fourth-order valence-electron chi connectivity index (χ4n) is 1.76. The predicted octanol–water partition coefficient (Wildman–Crippen LogP) is 0.661. The predicted molar refractivity (Wildman–Crippen MR) is 77.4 cm³/mol. The number of hydrogen-bond donors (Lipinski definition) is 2. The molecule has 0 spiro atoms. The van der Waals surface area contributed by atoms with Gasteiger partial charge in [0.2, 0.25) is 5.89 Å². The van der Waals surface area contributed by atoms with Gasteiger partial charge in [-0.2, -0.15) is 4.98 Å². The van der Waals surface area contributed by atoms with Gasteiger partial charge in [0.15, 0.2) is 5.82 Å². The highest BCUT2D eigenvalue weighted by atomic mass is 16.5. The molecule has 0 aliphatic carbocycles. The third kappa shape index (κ3) is 4.16. The van der Waals surface area contributed by atoms with Crippen LogP contribution in [0.25, 0.3) is 0 Å². The zero-order valence-electron chi connectivity index (χ0n) is 11.7. The van der Waals surface area contributed by atoms with Crippen LogP contribution in [0.5, 0.6) is 0 Å². The molecule has 0 saturated carbocycles. The molecule has 21 heavy (non-hydrogen) atoms. The fraction of sp³-hybridized carbons (Fsp3) is 0.267. The lowest BCUT2D eigenvalue weighted by atomic mass is 10.1. The summed E-state index contributed by atoms with van der Waals surface area (Å²) < 4.78 is 4.87. The number of benzene rings is 1. The molecule has 6 nitrogen and oxygen atoms in total. The Morgan fingerprint density at radius 3 is 2.95 bits per heavy atom. The summed E-state index contributed by atoms with van der Waals surface area (Å²) in [6, 6.07) is 7.15. The lowest BCUT2D eigenvalue weighted by Gasteiger charge is -2.05. The van der Waals surface area contributed by atoms with E-state index < -0.39 is 0 Å². The molecule has 2 rings (SSSR count). The van der Waals surface area contributed by atoms with Crippen molar-refractivity contribution in [3.63, 3.8) is 0 Å². The minimum absolute atomic E-state index is 0.183. The first-order valence-electron chi connectivity index (χ1n) is 6.56. The van der Waals surface area contributed by atoms with Crippen LogP contribution in [0.15, 0.2) is 28.8 Å². The van der Waals surface area contributed by atoms with E-state index in [0.717, 1.165) is 0 Å². The van der Waals surface area contributed by atoms with Crippen LogP contribution >= 0.6 is 0 Å². The van der Waals surface area contributed by atoms with Gasteiger partial charge in [-0.15, -0.1) is 0 Å². The molecule has 0 fully saturated rings. The monoisotopic (exact) mass is 284 g/mol. The van der Waals surface area contributed by atoms with Crippen LogP contribution in [0.4, 0.5) is 0 Å². The maximum atomic E-state index is 12.1. The van der Waals surface area contributed by atoms with Gasteiger partial charge in [0.1, 0.15) is 0 Å². The van der Waals surface area contributed by atoms with E-state index in [1.165, 1.54) is 0 Å². The molecule has 3 N–H and O–H groups in total. The Morgan fingerprint density at radius 1 is 1.43 bits per heavy atom. The van der Waals surface area contributed by atoms with Crippen molar-refractivity contribution in [3.8, 4) is 11.8 Å². The van der Waals surface area contributed by atoms with E-state index in [9.17, 15) is 4.79 Å². The summed E-state index contributed by atoms with van der Waals surface area (Å²) in [4.78, 5) is 16.2. The van der Waals surface area contributed by atoms with Crippen LogP contribution < -0.4 is 11.1 Å². The zero-order chi connectivity index (χ0) is 15.1. The maximum Gasteiger partial charge on any atom is 0.252 e. The highest BCUT2D eigenvalue weighted by Gasteiger charge is 2.09. The summed E-state index contributed by atoms with van der Waals surface area (Å²) in [7, 11) is 0. The summed E-state index contributed by atoms with van der Waals surface area (Å²) >= 11 is 0. The van der Waals surface area contributed by atoms with E-state index in [1.807, 2.05) is 6.07 Å². The van der Waals surface area contributed by atoms with Crippen LogP contribution in [-0.4, -0.2) is 29.1 Å². The normalized spacial score (nSPS) is 9.81. The molecule has 0 bridgehead atoms. The lowest BCUT2D eigenvalue weighted by molar-refractivity contribution is 0.0953. The third-order valence-corrected chi connectivity index (χ3v) is 2.70. The first-order valence-corrected chi connectivity index (χ1v) is 6.56. The van der Waals surface area contributed by atoms with Crippen molar-refractivity contribution in [1.82, 2.24) is 15.5 Å². The molecular formula is C15H16N4O2. The molecule has 0 unspecified atom stereocenters. The molecule has 108 valence electrons. The van der Waals surface area contributed by atoms with E-state index in [1.54, 1.807) is 25.1 Å². The van der Waals surface area contributed by atoms with Gasteiger partial charge < -0.3 is 15.6 Å². The minimum Gasteiger partial charge on any atom is -0.352 e. The van der Waals surface area contributed by atoms with E-state index >= 15 is 0 Å². The van der Waals surface area contributed by atoms with Crippen molar-refractivity contribution in [1.29, 1.82) is 0 Å². The standard InChI is InChI=1S/C15H16N4O2/c1-11-18-14(19-21-11)8-10-17-15(20)13-7-3-2-5-12(13)6-4-9-16/h2-3,5,7H,8-10,16H2,1H3,(H,17,20). The minimum atomic E-state index is -0.183. The Balaban J connectivity index is 1.97. The number of nitrogens with one attached hydrogen (secondary N) is 1. The molecule has 0 saturated heterocycles. The van der Waals surface area contributed by atoms with Gasteiger partial charge in [-0.05, 0) is 12.1 Å². The van der Waals surface area contributed by atoms with Gasteiger partial charge in [0, 0.05) is 25.5 Å². The van der Waals surface area contributed by atoms with Crippen molar-refractivity contribution < 1.29 is 9.32 Å². The number of nitrogens with two attached hydrogens (primary N) is 1. The summed E-state index contributed by atoms with van der Waals surface area (Å²) in [5.74, 6) is 6.54. The number of aromatic nitrogens is 2. The molecule has 1 heterocycles. The highest BCUT2D eigenvalue weighted by molar-refractivity contribution is 5.96. The Bertz CT molecular complexity index is 682. The summed E-state index contributed by atoms with van der Waals surface area (Å²) in [6.45, 7) is 2.41. The topological polar surface area (TPSA) is 94.0 Å². The molecule has 6 heteroatoms. The molecule has 1 aromatic heterocycles. The van der Waals surface area contributed by atoms with E-state index in [2.05, 4.69) is 27.3 Å². The van der Waals surface area contributed by atoms with Gasteiger partial charge in [0.05, 0.1) is 12.1 Å². The summed E-state index contributed by atoms with van der Waals surface area (Å²) in [5, 5.41) is 6.58. The maximum absolute atomic E-state index is 12.1. The van der Waals surface area contributed by atoms with Gasteiger partial charge >= 0.3 is 0 Å². The molecule has 0 radical (unpaired) electrons. The number of amides is 1. The second-order valence-corrected chi connectivity index (χ2v) is 4.29. The molecule has 0 aliphatic heterocycles. The second kappa shape index (κ2) is 7.22. The Hall–Kier alpha value is -2.65. The van der Waals surface area contributed by atoms with Crippen molar-refractivity contribution in [2.24, 2.45) is 5.73 Å².